The highest BCUT2D eigenvalue weighted by Crippen LogP contribution is 2.19. The van der Waals surface area contributed by atoms with Gasteiger partial charge in [0.1, 0.15) is 6.10 Å². The molecular formula is C9H18N2O2. The van der Waals surface area contributed by atoms with Crippen LogP contribution >= 0.6 is 0 Å². The number of carbonyl (C=O) groups is 1. The summed E-state index contributed by atoms with van der Waals surface area (Å²) in [4.78, 5) is 12.9. The summed E-state index contributed by atoms with van der Waals surface area (Å²) < 4.78 is 5.06. The lowest BCUT2D eigenvalue weighted by molar-refractivity contribution is 0.138. The maximum Gasteiger partial charge on any atom is 0.410 e. The molecule has 4 nitrogen and oxygen atoms in total. The molecule has 1 unspecified atom stereocenters. The van der Waals surface area contributed by atoms with E-state index in [2.05, 4.69) is 5.32 Å². The predicted molar refractivity (Wildman–Crippen MR) is 50.7 cm³/mol. The molecule has 2 heterocycles. The number of ether oxygens (including phenoxy) is 1. The van der Waals surface area contributed by atoms with Crippen molar-refractivity contribution < 1.29 is 9.53 Å². The normalized spacial score (nSPS) is 31.6. The first-order chi connectivity index (χ1) is 6.29. The van der Waals surface area contributed by atoms with Crippen LogP contribution in [0.2, 0.25) is 0 Å². The maximum atomic E-state index is 11.1. The summed E-state index contributed by atoms with van der Waals surface area (Å²) in [7, 11) is 0. The number of piperazine rings is 1. The van der Waals surface area contributed by atoms with Crippen molar-refractivity contribution in [1.82, 2.24) is 10.2 Å². The molecule has 0 aromatic carbocycles. The van der Waals surface area contributed by atoms with Crippen molar-refractivity contribution in [3.05, 3.63) is 0 Å². The number of carbonyl (C=O) groups excluding carboxylic acids is 1. The fourth-order valence-electron chi connectivity index (χ4n) is 1.68. The minimum atomic E-state index is -0.149. The van der Waals surface area contributed by atoms with E-state index in [1.165, 1.54) is 0 Å². The Morgan fingerprint density at radius 2 is 2.23 bits per heavy atom. The molecule has 2 rings (SSSR count). The van der Waals surface area contributed by atoms with E-state index in [1.807, 2.05) is 20.8 Å². The molecule has 2 aliphatic heterocycles. The summed E-state index contributed by atoms with van der Waals surface area (Å²) in [6.07, 6.45) is -0.0979. The van der Waals surface area contributed by atoms with Gasteiger partial charge in [-0.1, -0.05) is 13.8 Å². The third-order valence-electron chi connectivity index (χ3n) is 2.35. The topological polar surface area (TPSA) is 41.6 Å². The van der Waals surface area contributed by atoms with Crippen LogP contribution in [0, 0.1) is 0 Å². The molecule has 13 heavy (non-hydrogen) atoms. The monoisotopic (exact) mass is 186 g/mol. The first kappa shape index (κ1) is 10.3. The van der Waals surface area contributed by atoms with E-state index in [-0.39, 0.29) is 18.2 Å². The van der Waals surface area contributed by atoms with Crippen LogP contribution in [-0.2, 0) is 4.74 Å². The fourth-order valence-corrected chi connectivity index (χ4v) is 1.68. The standard InChI is InChI=1S/C7H12N2O2.C2H6/c1-5-6-4-8-2-3-9(6)7(10)11-5;1-2/h5-6,8H,2-4H2,1H3;1-2H3/t5-,6?;/m0./s1. The van der Waals surface area contributed by atoms with Crippen LogP contribution in [0.15, 0.2) is 0 Å². The van der Waals surface area contributed by atoms with Gasteiger partial charge >= 0.3 is 6.09 Å². The number of hydrogen-bond donors (Lipinski definition) is 1. The average molecular weight is 186 g/mol. The Kier molecular flexibility index (Phi) is 3.54. The van der Waals surface area contributed by atoms with Crippen molar-refractivity contribution in [3.63, 3.8) is 0 Å². The SMILES string of the molecule is CC.C[C@@H]1OC(=O)N2CCNCC12. The molecule has 0 radical (unpaired) electrons. The van der Waals surface area contributed by atoms with Gasteiger partial charge in [-0.2, -0.15) is 0 Å². The van der Waals surface area contributed by atoms with Crippen LogP contribution in [-0.4, -0.2) is 42.8 Å². The number of nitrogens with one attached hydrogen (secondary N) is 1. The molecule has 0 aromatic heterocycles. The van der Waals surface area contributed by atoms with Crippen molar-refractivity contribution in [1.29, 1.82) is 0 Å². The zero-order valence-electron chi connectivity index (χ0n) is 8.54. The molecule has 76 valence electrons. The smallest absolute Gasteiger partial charge is 0.410 e. The highest BCUT2D eigenvalue weighted by Gasteiger charge is 2.39. The summed E-state index contributed by atoms with van der Waals surface area (Å²) >= 11 is 0. The van der Waals surface area contributed by atoms with E-state index in [1.54, 1.807) is 4.90 Å². The van der Waals surface area contributed by atoms with Crippen molar-refractivity contribution in [2.45, 2.75) is 32.9 Å². The summed E-state index contributed by atoms with van der Waals surface area (Å²) in [5.41, 5.74) is 0. The Bertz CT molecular complexity index is 184. The maximum absolute atomic E-state index is 11.1. The molecule has 2 fully saturated rings. The zero-order chi connectivity index (χ0) is 9.84. The van der Waals surface area contributed by atoms with Gasteiger partial charge in [0, 0.05) is 19.6 Å². The Hall–Kier alpha value is -0.770. The Morgan fingerprint density at radius 3 is 2.85 bits per heavy atom. The minimum Gasteiger partial charge on any atom is -0.444 e. The third kappa shape index (κ3) is 1.94. The number of rotatable bonds is 0. The van der Waals surface area contributed by atoms with E-state index in [0.29, 0.717) is 0 Å². The fraction of sp³-hybridized carbons (Fsp3) is 0.889. The van der Waals surface area contributed by atoms with Crippen molar-refractivity contribution >= 4 is 6.09 Å². The summed E-state index contributed by atoms with van der Waals surface area (Å²) in [6.45, 7) is 8.48. The van der Waals surface area contributed by atoms with Gasteiger partial charge in [-0.05, 0) is 6.92 Å². The van der Waals surface area contributed by atoms with Gasteiger partial charge in [0.05, 0.1) is 6.04 Å². The molecule has 1 N–H and O–H groups in total. The molecule has 2 saturated heterocycles. The van der Waals surface area contributed by atoms with Gasteiger partial charge in [0.2, 0.25) is 0 Å². The molecule has 0 bridgehead atoms. The van der Waals surface area contributed by atoms with Gasteiger partial charge < -0.3 is 10.1 Å². The van der Waals surface area contributed by atoms with E-state index >= 15 is 0 Å². The van der Waals surface area contributed by atoms with Crippen molar-refractivity contribution in [3.8, 4) is 0 Å². The van der Waals surface area contributed by atoms with Gasteiger partial charge in [-0.3, -0.25) is 4.90 Å². The Labute approximate surface area is 79.2 Å². The molecular weight excluding hydrogens is 168 g/mol. The van der Waals surface area contributed by atoms with Crippen LogP contribution in [0.5, 0.6) is 0 Å². The molecule has 2 atom stereocenters. The van der Waals surface area contributed by atoms with Crippen molar-refractivity contribution in [2.75, 3.05) is 19.6 Å². The number of cyclic esters (lactones) is 1. The lowest BCUT2D eigenvalue weighted by Crippen LogP contribution is -2.51. The molecule has 0 saturated carbocycles. The first-order valence-electron chi connectivity index (χ1n) is 4.97. The van der Waals surface area contributed by atoms with Crippen LogP contribution in [0.25, 0.3) is 0 Å². The van der Waals surface area contributed by atoms with E-state index in [0.717, 1.165) is 19.6 Å². The molecule has 0 aliphatic carbocycles. The van der Waals surface area contributed by atoms with Crippen LogP contribution in [0.3, 0.4) is 0 Å². The highest BCUT2D eigenvalue weighted by molar-refractivity contribution is 5.70. The largest absolute Gasteiger partial charge is 0.444 e. The van der Waals surface area contributed by atoms with Gasteiger partial charge in [0.15, 0.2) is 0 Å². The van der Waals surface area contributed by atoms with Crippen LogP contribution in [0.1, 0.15) is 20.8 Å². The molecule has 2 aliphatic rings. The average Bonchev–Trinajstić information content (AvgIpc) is 2.47. The van der Waals surface area contributed by atoms with Gasteiger partial charge in [0.25, 0.3) is 0 Å². The Morgan fingerprint density at radius 1 is 1.54 bits per heavy atom. The Balaban J connectivity index is 0.000000396. The summed E-state index contributed by atoms with van der Waals surface area (Å²) in [5, 5.41) is 3.23. The number of fused-ring (bicyclic) bond motifs is 1. The second-order valence-corrected chi connectivity index (χ2v) is 3.05. The van der Waals surface area contributed by atoms with E-state index < -0.39 is 0 Å². The van der Waals surface area contributed by atoms with Crippen molar-refractivity contribution in [2.24, 2.45) is 0 Å². The second-order valence-electron chi connectivity index (χ2n) is 3.05. The zero-order valence-corrected chi connectivity index (χ0v) is 8.54. The summed E-state index contributed by atoms with van der Waals surface area (Å²) in [6, 6.07) is 0.260. The lowest BCUT2D eigenvalue weighted by Gasteiger charge is -2.28. The third-order valence-corrected chi connectivity index (χ3v) is 2.35. The van der Waals surface area contributed by atoms with Gasteiger partial charge in [-0.15, -0.1) is 0 Å². The highest BCUT2D eigenvalue weighted by atomic mass is 16.6. The summed E-state index contributed by atoms with van der Waals surface area (Å²) in [5.74, 6) is 0. The van der Waals surface area contributed by atoms with Gasteiger partial charge in [-0.25, -0.2) is 4.79 Å². The van der Waals surface area contributed by atoms with E-state index in [9.17, 15) is 4.79 Å². The van der Waals surface area contributed by atoms with Crippen LogP contribution in [0.4, 0.5) is 4.79 Å². The first-order valence-corrected chi connectivity index (χ1v) is 4.97. The lowest BCUT2D eigenvalue weighted by atomic mass is 10.1. The number of nitrogens with zero attached hydrogens (tertiary/aromatic N) is 1. The number of hydrogen-bond acceptors (Lipinski definition) is 3. The second kappa shape index (κ2) is 4.46. The van der Waals surface area contributed by atoms with E-state index in [4.69, 9.17) is 4.74 Å². The molecule has 0 spiro atoms. The molecule has 1 amide bonds. The number of amides is 1. The van der Waals surface area contributed by atoms with Crippen LogP contribution < -0.4 is 5.32 Å². The minimum absolute atomic E-state index is 0.0512. The molecule has 4 heteroatoms. The molecule has 0 aromatic rings. The quantitative estimate of drug-likeness (QED) is 0.609. The predicted octanol–water partition coefficient (Wildman–Crippen LogP) is 0.825.